The monoisotopic (exact) mass is 378 g/mol. The summed E-state index contributed by atoms with van der Waals surface area (Å²) < 4.78 is 1.26. The highest BCUT2D eigenvalue weighted by Crippen LogP contribution is 2.31. The van der Waals surface area contributed by atoms with Gasteiger partial charge in [0.1, 0.15) is 0 Å². The van der Waals surface area contributed by atoms with Crippen molar-refractivity contribution in [2.75, 3.05) is 49.1 Å². The van der Waals surface area contributed by atoms with Gasteiger partial charge in [0.25, 0.3) is 0 Å². The van der Waals surface area contributed by atoms with E-state index >= 15 is 0 Å². The molecule has 0 aliphatic carbocycles. The Balaban J connectivity index is 1.23. The predicted octanol–water partition coefficient (Wildman–Crippen LogP) is 3.01. The molecule has 1 saturated heterocycles. The molecule has 4 heterocycles. The molecular formula is C21H22N4OS. The lowest BCUT2D eigenvalue weighted by molar-refractivity contribution is -0.119. The number of para-hydroxylation sites is 1. The molecule has 0 atom stereocenters. The summed E-state index contributed by atoms with van der Waals surface area (Å²) in [7, 11) is 0. The van der Waals surface area contributed by atoms with Gasteiger partial charge in [0.05, 0.1) is 22.4 Å². The van der Waals surface area contributed by atoms with Crippen LogP contribution in [0.2, 0.25) is 0 Å². The third kappa shape index (κ3) is 3.09. The van der Waals surface area contributed by atoms with E-state index < -0.39 is 0 Å². The number of hydrogen-bond acceptors (Lipinski definition) is 5. The summed E-state index contributed by atoms with van der Waals surface area (Å²) >= 11 is 1.75. The van der Waals surface area contributed by atoms with Crippen LogP contribution in [-0.4, -0.2) is 55.1 Å². The summed E-state index contributed by atoms with van der Waals surface area (Å²) in [6.45, 7) is 5.03. The molecule has 1 fully saturated rings. The molecule has 1 aromatic carbocycles. The molecule has 138 valence electrons. The molecule has 0 spiro atoms. The molecule has 3 aromatic rings. The molecule has 6 heteroatoms. The van der Waals surface area contributed by atoms with Gasteiger partial charge in [0.15, 0.2) is 0 Å². The van der Waals surface area contributed by atoms with E-state index in [1.165, 1.54) is 16.0 Å². The number of fused-ring (bicyclic) bond motifs is 2. The van der Waals surface area contributed by atoms with Crippen LogP contribution >= 0.6 is 11.3 Å². The number of carbonyl (C=O) groups is 1. The van der Waals surface area contributed by atoms with Crippen LogP contribution in [0.5, 0.6) is 0 Å². The van der Waals surface area contributed by atoms with E-state index in [1.54, 1.807) is 11.3 Å². The van der Waals surface area contributed by atoms with Gasteiger partial charge in [0, 0.05) is 44.6 Å². The van der Waals surface area contributed by atoms with Gasteiger partial charge in [-0.25, -0.2) is 0 Å². The Kier molecular flexibility index (Phi) is 4.30. The Hall–Kier alpha value is -2.44. The van der Waals surface area contributed by atoms with Crippen LogP contribution < -0.4 is 9.80 Å². The highest BCUT2D eigenvalue weighted by molar-refractivity contribution is 7.17. The second kappa shape index (κ2) is 6.94. The normalized spacial score (nSPS) is 17.5. The molecule has 0 unspecified atom stereocenters. The van der Waals surface area contributed by atoms with Crippen molar-refractivity contribution in [1.82, 2.24) is 9.88 Å². The Morgan fingerprint density at radius 2 is 1.85 bits per heavy atom. The van der Waals surface area contributed by atoms with E-state index in [0.717, 1.165) is 50.3 Å². The second-order valence-corrected chi connectivity index (χ2v) is 8.07. The maximum absolute atomic E-state index is 12.8. The van der Waals surface area contributed by atoms with Gasteiger partial charge >= 0.3 is 0 Å². The SMILES string of the molecule is O=C(CN1CCN(c2ccnc3ccsc23)CC1)N1CCc2ccccc21. The summed E-state index contributed by atoms with van der Waals surface area (Å²) in [6, 6.07) is 12.4. The van der Waals surface area contributed by atoms with Crippen LogP contribution in [0.15, 0.2) is 48.0 Å². The summed E-state index contributed by atoms with van der Waals surface area (Å²) in [5.74, 6) is 0.220. The van der Waals surface area contributed by atoms with Crippen LogP contribution in [0.1, 0.15) is 5.56 Å². The predicted molar refractivity (Wildman–Crippen MR) is 111 cm³/mol. The first-order valence-corrected chi connectivity index (χ1v) is 10.4. The minimum Gasteiger partial charge on any atom is -0.368 e. The standard InChI is InChI=1S/C21H22N4OS/c26-20(25-9-6-16-3-1-2-4-18(16)25)15-23-10-12-24(13-11-23)19-5-8-22-17-7-14-27-21(17)19/h1-5,7-8,14H,6,9-13,15H2. The third-order valence-corrected chi connectivity index (χ3v) is 6.51. The molecule has 27 heavy (non-hydrogen) atoms. The number of hydrogen-bond donors (Lipinski definition) is 0. The number of pyridine rings is 1. The zero-order valence-corrected chi connectivity index (χ0v) is 16.0. The average Bonchev–Trinajstić information content (AvgIpc) is 3.35. The number of anilines is 2. The highest BCUT2D eigenvalue weighted by atomic mass is 32.1. The van der Waals surface area contributed by atoms with Crippen molar-refractivity contribution in [3.8, 4) is 0 Å². The lowest BCUT2D eigenvalue weighted by atomic mass is 10.2. The molecule has 0 radical (unpaired) electrons. The average molecular weight is 379 g/mol. The zero-order valence-electron chi connectivity index (χ0n) is 15.2. The maximum Gasteiger partial charge on any atom is 0.241 e. The first-order valence-electron chi connectivity index (χ1n) is 9.47. The summed E-state index contributed by atoms with van der Waals surface area (Å²) in [6.07, 6.45) is 2.86. The molecule has 0 bridgehead atoms. The van der Waals surface area contributed by atoms with Crippen LogP contribution in [-0.2, 0) is 11.2 Å². The number of aromatic nitrogens is 1. The van der Waals surface area contributed by atoms with Gasteiger partial charge in [-0.2, -0.15) is 0 Å². The Morgan fingerprint density at radius 1 is 1.00 bits per heavy atom. The number of amides is 1. The van der Waals surface area contributed by atoms with E-state index in [0.29, 0.717) is 6.54 Å². The largest absolute Gasteiger partial charge is 0.368 e. The number of carbonyl (C=O) groups excluding carboxylic acids is 1. The number of piperazine rings is 1. The summed E-state index contributed by atoms with van der Waals surface area (Å²) in [4.78, 5) is 23.9. The highest BCUT2D eigenvalue weighted by Gasteiger charge is 2.27. The molecule has 2 aromatic heterocycles. The van der Waals surface area contributed by atoms with E-state index in [-0.39, 0.29) is 5.91 Å². The fourth-order valence-electron chi connectivity index (χ4n) is 4.13. The molecule has 5 rings (SSSR count). The Morgan fingerprint density at radius 3 is 2.74 bits per heavy atom. The van der Waals surface area contributed by atoms with Crippen molar-refractivity contribution in [2.45, 2.75) is 6.42 Å². The van der Waals surface area contributed by atoms with E-state index in [9.17, 15) is 4.79 Å². The first kappa shape index (κ1) is 16.7. The number of benzene rings is 1. The third-order valence-electron chi connectivity index (χ3n) is 5.58. The van der Waals surface area contributed by atoms with Crippen molar-refractivity contribution in [1.29, 1.82) is 0 Å². The zero-order chi connectivity index (χ0) is 18.2. The molecule has 1 amide bonds. The van der Waals surface area contributed by atoms with Crippen molar-refractivity contribution >= 4 is 38.8 Å². The maximum atomic E-state index is 12.8. The van der Waals surface area contributed by atoms with Gasteiger partial charge in [-0.05, 0) is 35.6 Å². The number of rotatable bonds is 3. The van der Waals surface area contributed by atoms with Gasteiger partial charge in [-0.3, -0.25) is 14.7 Å². The molecule has 2 aliphatic heterocycles. The van der Waals surface area contributed by atoms with E-state index in [2.05, 4.69) is 50.5 Å². The lowest BCUT2D eigenvalue weighted by Gasteiger charge is -2.36. The van der Waals surface area contributed by atoms with Crippen LogP contribution in [0.25, 0.3) is 10.2 Å². The fourth-order valence-corrected chi connectivity index (χ4v) is 5.02. The number of thiophene rings is 1. The topological polar surface area (TPSA) is 39.7 Å². The lowest BCUT2D eigenvalue weighted by Crippen LogP contribution is -2.50. The van der Waals surface area contributed by atoms with Crippen molar-refractivity contribution < 1.29 is 4.79 Å². The molecule has 0 saturated carbocycles. The molecular weight excluding hydrogens is 356 g/mol. The molecule has 0 N–H and O–H groups in total. The van der Waals surface area contributed by atoms with Crippen molar-refractivity contribution in [3.05, 3.63) is 53.5 Å². The van der Waals surface area contributed by atoms with Crippen molar-refractivity contribution in [2.24, 2.45) is 0 Å². The number of nitrogens with zero attached hydrogens (tertiary/aromatic N) is 4. The molecule has 5 nitrogen and oxygen atoms in total. The minimum atomic E-state index is 0.220. The first-order chi connectivity index (χ1) is 13.3. The van der Waals surface area contributed by atoms with Gasteiger partial charge < -0.3 is 9.80 Å². The van der Waals surface area contributed by atoms with Crippen LogP contribution in [0.4, 0.5) is 11.4 Å². The summed E-state index contributed by atoms with van der Waals surface area (Å²) in [5.41, 5.74) is 4.73. The molecule has 2 aliphatic rings. The van der Waals surface area contributed by atoms with Crippen LogP contribution in [0.3, 0.4) is 0 Å². The Bertz CT molecular complexity index is 977. The van der Waals surface area contributed by atoms with Gasteiger partial charge in [-0.1, -0.05) is 18.2 Å². The Labute approximate surface area is 162 Å². The van der Waals surface area contributed by atoms with E-state index in [1.807, 2.05) is 17.2 Å². The van der Waals surface area contributed by atoms with Gasteiger partial charge in [-0.15, -0.1) is 11.3 Å². The van der Waals surface area contributed by atoms with Crippen molar-refractivity contribution in [3.63, 3.8) is 0 Å². The fraction of sp³-hybridized carbons (Fsp3) is 0.333. The van der Waals surface area contributed by atoms with E-state index in [4.69, 9.17) is 0 Å². The quantitative estimate of drug-likeness (QED) is 0.702. The second-order valence-electron chi connectivity index (χ2n) is 7.15. The minimum absolute atomic E-state index is 0.220. The van der Waals surface area contributed by atoms with Crippen LogP contribution in [0, 0.1) is 0 Å². The smallest absolute Gasteiger partial charge is 0.241 e. The summed E-state index contributed by atoms with van der Waals surface area (Å²) in [5, 5.41) is 2.10. The van der Waals surface area contributed by atoms with Gasteiger partial charge in [0.2, 0.25) is 5.91 Å².